The number of hydrogen-bond acceptors (Lipinski definition) is 3. The van der Waals surface area contributed by atoms with E-state index in [0.29, 0.717) is 18.8 Å². The van der Waals surface area contributed by atoms with Crippen LogP contribution in [0.15, 0.2) is 0 Å². The first-order valence-electron chi connectivity index (χ1n) is 9.09. The number of rotatable bonds is 2. The minimum Gasteiger partial charge on any atom is -0.365 e. The topological polar surface area (TPSA) is 41.6 Å². The molecule has 3 aliphatic heterocycles. The summed E-state index contributed by atoms with van der Waals surface area (Å²) in [6.45, 7) is 2.26. The Balaban J connectivity index is 1.37. The molecule has 1 amide bonds. The molecule has 23 heavy (non-hydrogen) atoms. The van der Waals surface area contributed by atoms with E-state index in [1.807, 2.05) is 0 Å². The highest BCUT2D eigenvalue weighted by Crippen LogP contribution is 2.46. The summed E-state index contributed by atoms with van der Waals surface area (Å²) in [6, 6.07) is 0.00801. The molecule has 0 aromatic carbocycles. The predicted molar refractivity (Wildman–Crippen MR) is 81.3 cm³/mol. The molecule has 4 atom stereocenters. The Morgan fingerprint density at radius 1 is 1.13 bits per heavy atom. The van der Waals surface area contributed by atoms with Gasteiger partial charge in [-0.2, -0.15) is 0 Å². The standard InChI is InChI=1S/C17H26F2N2O2/c18-17(19)6-3-13-9-12(17)10-21(13)16(22)15-2-1-14(23-15)11-4-7-20-8-5-11/h11-15,20H,1-10H2. The number of nitrogens with one attached hydrogen (secondary N) is 1. The average Bonchev–Trinajstić information content (AvgIpc) is 3.18. The molecule has 0 aromatic rings. The molecule has 3 heterocycles. The molecule has 1 saturated carbocycles. The highest BCUT2D eigenvalue weighted by atomic mass is 19.3. The third-order valence-electron chi connectivity index (χ3n) is 6.34. The average molecular weight is 328 g/mol. The van der Waals surface area contributed by atoms with Crippen LogP contribution in [-0.4, -0.2) is 54.6 Å². The van der Waals surface area contributed by atoms with Gasteiger partial charge in [-0.3, -0.25) is 4.79 Å². The highest BCUT2D eigenvalue weighted by Gasteiger charge is 2.53. The zero-order valence-electron chi connectivity index (χ0n) is 13.5. The van der Waals surface area contributed by atoms with Crippen LogP contribution in [0, 0.1) is 11.8 Å². The van der Waals surface area contributed by atoms with Crippen molar-refractivity contribution >= 4 is 5.91 Å². The summed E-state index contributed by atoms with van der Waals surface area (Å²) in [5.74, 6) is -2.74. The fourth-order valence-electron chi connectivity index (χ4n) is 4.92. The number of fused-ring (bicyclic) bond motifs is 2. The second-order valence-electron chi connectivity index (χ2n) is 7.70. The summed E-state index contributed by atoms with van der Waals surface area (Å²) in [4.78, 5) is 14.5. The lowest BCUT2D eigenvalue weighted by Crippen LogP contribution is -2.42. The number of halogens is 2. The van der Waals surface area contributed by atoms with Crippen molar-refractivity contribution in [3.8, 4) is 0 Å². The van der Waals surface area contributed by atoms with Gasteiger partial charge in [-0.05, 0) is 57.5 Å². The highest BCUT2D eigenvalue weighted by molar-refractivity contribution is 5.82. The van der Waals surface area contributed by atoms with E-state index in [0.717, 1.165) is 38.8 Å². The molecule has 0 spiro atoms. The SMILES string of the molecule is O=C(C1CCC(C2CCNCC2)O1)N1CC2CC1CCC2(F)F. The Labute approximate surface area is 135 Å². The maximum atomic E-state index is 13.8. The maximum Gasteiger partial charge on any atom is 0.252 e. The van der Waals surface area contributed by atoms with Crippen molar-refractivity contribution in [1.82, 2.24) is 10.2 Å². The van der Waals surface area contributed by atoms with Crippen molar-refractivity contribution < 1.29 is 18.3 Å². The second kappa shape index (κ2) is 5.96. The van der Waals surface area contributed by atoms with Crippen molar-refractivity contribution in [3.05, 3.63) is 0 Å². The van der Waals surface area contributed by atoms with Crippen molar-refractivity contribution in [2.24, 2.45) is 11.8 Å². The summed E-state index contributed by atoms with van der Waals surface area (Å²) in [6.07, 6.45) is 4.48. The largest absolute Gasteiger partial charge is 0.365 e. The van der Waals surface area contributed by atoms with Crippen LogP contribution < -0.4 is 5.32 Å². The molecule has 4 aliphatic rings. The van der Waals surface area contributed by atoms with Crippen LogP contribution >= 0.6 is 0 Å². The molecule has 2 bridgehead atoms. The Morgan fingerprint density at radius 2 is 1.91 bits per heavy atom. The zero-order valence-corrected chi connectivity index (χ0v) is 13.5. The third-order valence-corrected chi connectivity index (χ3v) is 6.34. The van der Waals surface area contributed by atoms with Crippen LogP contribution in [0.1, 0.15) is 44.9 Å². The molecule has 6 heteroatoms. The fraction of sp³-hybridized carbons (Fsp3) is 0.941. The molecule has 1 aliphatic carbocycles. The van der Waals surface area contributed by atoms with Gasteiger partial charge in [0.1, 0.15) is 6.10 Å². The second-order valence-corrected chi connectivity index (χ2v) is 7.70. The number of likely N-dealkylation sites (tertiary alicyclic amines) is 1. The molecule has 3 saturated heterocycles. The maximum absolute atomic E-state index is 13.8. The molecule has 4 nitrogen and oxygen atoms in total. The number of hydrogen-bond donors (Lipinski definition) is 1. The van der Waals surface area contributed by atoms with Crippen LogP contribution in [0.25, 0.3) is 0 Å². The van der Waals surface area contributed by atoms with Crippen LogP contribution in [0.2, 0.25) is 0 Å². The lowest BCUT2D eigenvalue weighted by molar-refractivity contribution is -0.145. The number of alkyl halides is 2. The monoisotopic (exact) mass is 328 g/mol. The number of nitrogens with zero attached hydrogens (tertiary/aromatic N) is 1. The van der Waals surface area contributed by atoms with Crippen molar-refractivity contribution in [3.63, 3.8) is 0 Å². The van der Waals surface area contributed by atoms with Gasteiger partial charge in [0, 0.05) is 24.9 Å². The van der Waals surface area contributed by atoms with Crippen LogP contribution in [0.4, 0.5) is 8.78 Å². The van der Waals surface area contributed by atoms with Crippen LogP contribution in [0.3, 0.4) is 0 Å². The van der Waals surface area contributed by atoms with Gasteiger partial charge in [-0.15, -0.1) is 0 Å². The molecule has 4 rings (SSSR count). The van der Waals surface area contributed by atoms with Crippen LogP contribution in [-0.2, 0) is 9.53 Å². The Morgan fingerprint density at radius 3 is 2.65 bits per heavy atom. The smallest absolute Gasteiger partial charge is 0.252 e. The zero-order chi connectivity index (χ0) is 16.0. The van der Waals surface area contributed by atoms with E-state index in [1.165, 1.54) is 0 Å². The van der Waals surface area contributed by atoms with E-state index < -0.39 is 17.9 Å². The van der Waals surface area contributed by atoms with Gasteiger partial charge >= 0.3 is 0 Å². The molecular formula is C17H26F2N2O2. The summed E-state index contributed by atoms with van der Waals surface area (Å²) in [7, 11) is 0. The normalized spacial score (nSPS) is 40.5. The summed E-state index contributed by atoms with van der Waals surface area (Å²) >= 11 is 0. The van der Waals surface area contributed by atoms with E-state index in [4.69, 9.17) is 4.74 Å². The first kappa shape index (κ1) is 15.8. The molecule has 1 N–H and O–H groups in total. The van der Waals surface area contributed by atoms with Crippen molar-refractivity contribution in [2.45, 2.75) is 69.1 Å². The van der Waals surface area contributed by atoms with E-state index >= 15 is 0 Å². The van der Waals surface area contributed by atoms with Crippen LogP contribution in [0.5, 0.6) is 0 Å². The summed E-state index contributed by atoms with van der Waals surface area (Å²) in [5.41, 5.74) is 0. The van der Waals surface area contributed by atoms with Crippen molar-refractivity contribution in [2.75, 3.05) is 19.6 Å². The molecule has 130 valence electrons. The third kappa shape index (κ3) is 2.88. The predicted octanol–water partition coefficient (Wildman–Crippen LogP) is 2.18. The number of carbonyl (C=O) groups is 1. The molecule has 0 radical (unpaired) electrons. The van der Waals surface area contributed by atoms with E-state index in [1.54, 1.807) is 4.90 Å². The van der Waals surface area contributed by atoms with Crippen molar-refractivity contribution in [1.29, 1.82) is 0 Å². The lowest BCUT2D eigenvalue weighted by Gasteiger charge is -2.30. The van der Waals surface area contributed by atoms with Gasteiger partial charge in [0.15, 0.2) is 0 Å². The number of ether oxygens (including phenoxy) is 1. The molecular weight excluding hydrogens is 302 g/mol. The first-order chi connectivity index (χ1) is 11.0. The minimum absolute atomic E-state index is 0.00801. The van der Waals surface area contributed by atoms with Gasteiger partial charge in [0.05, 0.1) is 6.10 Å². The summed E-state index contributed by atoms with van der Waals surface area (Å²) < 4.78 is 33.7. The quantitative estimate of drug-likeness (QED) is 0.845. The fourth-order valence-corrected chi connectivity index (χ4v) is 4.92. The van der Waals surface area contributed by atoms with E-state index in [9.17, 15) is 13.6 Å². The van der Waals surface area contributed by atoms with E-state index in [2.05, 4.69) is 5.32 Å². The summed E-state index contributed by atoms with van der Waals surface area (Å²) in [5, 5.41) is 3.35. The molecule has 4 fully saturated rings. The van der Waals surface area contributed by atoms with Gasteiger partial charge in [0.2, 0.25) is 0 Å². The van der Waals surface area contributed by atoms with Gasteiger partial charge < -0.3 is 15.0 Å². The van der Waals surface area contributed by atoms with Gasteiger partial charge in [-0.25, -0.2) is 8.78 Å². The number of amides is 1. The number of carbonyl (C=O) groups excluding carboxylic acids is 1. The van der Waals surface area contributed by atoms with E-state index in [-0.39, 0.29) is 31.0 Å². The first-order valence-corrected chi connectivity index (χ1v) is 9.09. The number of piperidine rings is 1. The molecule has 0 aromatic heterocycles. The van der Waals surface area contributed by atoms with Gasteiger partial charge in [0.25, 0.3) is 11.8 Å². The minimum atomic E-state index is -2.60. The Bertz CT molecular complexity index is 468. The lowest BCUT2D eigenvalue weighted by atomic mass is 9.87. The Hall–Kier alpha value is -0.750. The van der Waals surface area contributed by atoms with Gasteiger partial charge in [-0.1, -0.05) is 0 Å². The molecule has 4 unspecified atom stereocenters. The Kier molecular flexibility index (Phi) is 4.08.